The molecule has 24 heavy (non-hydrogen) atoms. The Morgan fingerprint density at radius 2 is 1.71 bits per heavy atom. The Balaban J connectivity index is 2.05. The van der Waals surface area contributed by atoms with Gasteiger partial charge in [0.25, 0.3) is 0 Å². The molecule has 0 heterocycles. The lowest BCUT2D eigenvalue weighted by atomic mass is 9.95. The van der Waals surface area contributed by atoms with Crippen molar-refractivity contribution >= 4 is 11.7 Å². The standard InChI is InChI=1S/C16H14F4N2O2/c1-16(24,10-6-5-9(17)7-13(10)20)8-21-15(23)22-14-11(18)3-2-4-12(14)19/h2-7,24H,8H2,1H3,(H2,21,22,23). The highest BCUT2D eigenvalue weighted by Crippen LogP contribution is 2.23. The predicted molar refractivity (Wildman–Crippen MR) is 79.3 cm³/mol. The first-order valence-corrected chi connectivity index (χ1v) is 6.87. The van der Waals surface area contributed by atoms with Gasteiger partial charge in [0.15, 0.2) is 0 Å². The maximum absolute atomic E-state index is 13.7. The molecule has 4 nitrogen and oxygen atoms in total. The highest BCUT2D eigenvalue weighted by molar-refractivity contribution is 5.89. The number of benzene rings is 2. The fourth-order valence-corrected chi connectivity index (χ4v) is 2.05. The van der Waals surface area contributed by atoms with Crippen molar-refractivity contribution < 1.29 is 27.5 Å². The summed E-state index contributed by atoms with van der Waals surface area (Å²) in [6.45, 7) is 0.727. The van der Waals surface area contributed by atoms with Crippen LogP contribution in [-0.4, -0.2) is 17.7 Å². The van der Waals surface area contributed by atoms with Crippen molar-refractivity contribution in [1.82, 2.24) is 5.32 Å². The van der Waals surface area contributed by atoms with Crippen molar-refractivity contribution in [2.75, 3.05) is 11.9 Å². The second-order valence-electron chi connectivity index (χ2n) is 5.30. The number of carbonyl (C=O) groups is 1. The van der Waals surface area contributed by atoms with Gasteiger partial charge in [0.1, 0.15) is 34.6 Å². The zero-order valence-electron chi connectivity index (χ0n) is 12.5. The molecule has 128 valence electrons. The van der Waals surface area contributed by atoms with Gasteiger partial charge in [0.05, 0.1) is 6.54 Å². The van der Waals surface area contributed by atoms with Crippen LogP contribution in [0, 0.1) is 23.3 Å². The number of hydrogen-bond donors (Lipinski definition) is 3. The van der Waals surface area contributed by atoms with Crippen LogP contribution in [0.1, 0.15) is 12.5 Å². The Morgan fingerprint density at radius 3 is 2.29 bits per heavy atom. The Hall–Kier alpha value is -2.61. The van der Waals surface area contributed by atoms with E-state index in [4.69, 9.17) is 0 Å². The number of anilines is 1. The van der Waals surface area contributed by atoms with Crippen molar-refractivity contribution in [3.63, 3.8) is 0 Å². The molecule has 2 aromatic rings. The van der Waals surface area contributed by atoms with Gasteiger partial charge in [-0.1, -0.05) is 12.1 Å². The summed E-state index contributed by atoms with van der Waals surface area (Å²) in [5, 5.41) is 14.4. The van der Waals surface area contributed by atoms with E-state index in [0.29, 0.717) is 6.07 Å². The molecule has 0 radical (unpaired) electrons. The highest BCUT2D eigenvalue weighted by Gasteiger charge is 2.27. The molecule has 0 aliphatic rings. The van der Waals surface area contributed by atoms with Crippen LogP contribution in [-0.2, 0) is 5.60 Å². The first-order chi connectivity index (χ1) is 11.2. The van der Waals surface area contributed by atoms with Crippen molar-refractivity contribution in [2.24, 2.45) is 0 Å². The van der Waals surface area contributed by atoms with Crippen molar-refractivity contribution in [1.29, 1.82) is 0 Å². The molecule has 3 N–H and O–H groups in total. The third-order valence-electron chi connectivity index (χ3n) is 3.31. The average molecular weight is 342 g/mol. The number of carbonyl (C=O) groups excluding carboxylic acids is 1. The molecule has 8 heteroatoms. The topological polar surface area (TPSA) is 61.4 Å². The molecule has 1 unspecified atom stereocenters. The molecule has 2 amide bonds. The second-order valence-corrected chi connectivity index (χ2v) is 5.30. The van der Waals surface area contributed by atoms with Crippen LogP contribution in [0.4, 0.5) is 28.0 Å². The van der Waals surface area contributed by atoms with Crippen LogP contribution in [0.3, 0.4) is 0 Å². The lowest BCUT2D eigenvalue weighted by Crippen LogP contribution is -2.41. The zero-order chi connectivity index (χ0) is 17.9. The van der Waals surface area contributed by atoms with Crippen LogP contribution in [0.15, 0.2) is 36.4 Å². The molecular formula is C16H14F4N2O2. The number of rotatable bonds is 4. The van der Waals surface area contributed by atoms with Crippen molar-refractivity contribution in [3.05, 3.63) is 65.2 Å². The van der Waals surface area contributed by atoms with E-state index < -0.39 is 47.1 Å². The van der Waals surface area contributed by atoms with Crippen molar-refractivity contribution in [3.8, 4) is 0 Å². The van der Waals surface area contributed by atoms with E-state index in [1.807, 2.05) is 5.32 Å². The third kappa shape index (κ3) is 4.02. The summed E-state index contributed by atoms with van der Waals surface area (Å²) in [7, 11) is 0. The van der Waals surface area contributed by atoms with Crippen LogP contribution >= 0.6 is 0 Å². The van der Waals surface area contributed by atoms with Gasteiger partial charge in [-0.25, -0.2) is 22.4 Å². The predicted octanol–water partition coefficient (Wildman–Crippen LogP) is 3.27. The normalized spacial score (nSPS) is 13.2. The van der Waals surface area contributed by atoms with E-state index in [1.165, 1.54) is 6.92 Å². The number of urea groups is 1. The SMILES string of the molecule is CC(O)(CNC(=O)Nc1c(F)cccc1F)c1ccc(F)cc1F. The summed E-state index contributed by atoms with van der Waals surface area (Å²) in [6, 6.07) is 4.66. The Labute approximate surface area is 135 Å². The minimum absolute atomic E-state index is 0.235. The number of amides is 2. The molecule has 0 saturated heterocycles. The molecular weight excluding hydrogens is 328 g/mol. The first kappa shape index (κ1) is 17.7. The van der Waals surface area contributed by atoms with E-state index >= 15 is 0 Å². The van der Waals surface area contributed by atoms with E-state index in [2.05, 4.69) is 5.32 Å². The van der Waals surface area contributed by atoms with Gasteiger partial charge in [-0.2, -0.15) is 0 Å². The smallest absolute Gasteiger partial charge is 0.319 e. The largest absolute Gasteiger partial charge is 0.383 e. The Kier molecular flexibility index (Phi) is 5.08. The second kappa shape index (κ2) is 6.88. The quantitative estimate of drug-likeness (QED) is 0.747. The molecule has 2 aromatic carbocycles. The summed E-state index contributed by atoms with van der Waals surface area (Å²) in [5.74, 6) is -3.74. The zero-order valence-corrected chi connectivity index (χ0v) is 12.5. The average Bonchev–Trinajstić information content (AvgIpc) is 2.49. The number of para-hydroxylation sites is 1. The maximum atomic E-state index is 13.7. The molecule has 0 spiro atoms. The van der Waals surface area contributed by atoms with Gasteiger partial charge < -0.3 is 15.7 Å². The van der Waals surface area contributed by atoms with E-state index in [1.54, 1.807) is 0 Å². The highest BCUT2D eigenvalue weighted by atomic mass is 19.1. The Bertz CT molecular complexity index is 745. The molecule has 0 fully saturated rings. The lowest BCUT2D eigenvalue weighted by Gasteiger charge is -2.24. The minimum atomic E-state index is -1.86. The molecule has 0 saturated carbocycles. The van der Waals surface area contributed by atoms with Crippen LogP contribution < -0.4 is 10.6 Å². The van der Waals surface area contributed by atoms with Gasteiger partial charge in [-0.15, -0.1) is 0 Å². The number of halogens is 4. The molecule has 2 rings (SSSR count). The molecule has 1 atom stereocenters. The summed E-state index contributed by atoms with van der Waals surface area (Å²) in [6.07, 6.45) is 0. The number of nitrogens with one attached hydrogen (secondary N) is 2. The maximum Gasteiger partial charge on any atom is 0.319 e. The lowest BCUT2D eigenvalue weighted by molar-refractivity contribution is 0.0561. The molecule has 0 bridgehead atoms. The minimum Gasteiger partial charge on any atom is -0.383 e. The van der Waals surface area contributed by atoms with E-state index in [0.717, 1.165) is 30.3 Å². The van der Waals surface area contributed by atoms with Gasteiger partial charge in [-0.3, -0.25) is 0 Å². The monoisotopic (exact) mass is 342 g/mol. The van der Waals surface area contributed by atoms with E-state index in [9.17, 15) is 27.5 Å². The van der Waals surface area contributed by atoms with Crippen LogP contribution in [0.5, 0.6) is 0 Å². The van der Waals surface area contributed by atoms with Crippen LogP contribution in [0.25, 0.3) is 0 Å². The summed E-state index contributed by atoms with van der Waals surface area (Å²) in [4.78, 5) is 11.7. The van der Waals surface area contributed by atoms with Gasteiger partial charge >= 0.3 is 6.03 Å². The Morgan fingerprint density at radius 1 is 1.08 bits per heavy atom. The van der Waals surface area contributed by atoms with Gasteiger partial charge in [0, 0.05) is 11.6 Å². The van der Waals surface area contributed by atoms with E-state index in [-0.39, 0.29) is 5.56 Å². The fraction of sp³-hybridized carbons (Fsp3) is 0.188. The number of aliphatic hydroxyl groups is 1. The first-order valence-electron chi connectivity index (χ1n) is 6.87. The molecule has 0 aromatic heterocycles. The van der Waals surface area contributed by atoms with Gasteiger partial charge in [0.2, 0.25) is 0 Å². The molecule has 0 aliphatic carbocycles. The summed E-state index contributed by atoms with van der Waals surface area (Å²) in [5.41, 5.74) is -2.74. The van der Waals surface area contributed by atoms with Crippen molar-refractivity contribution in [2.45, 2.75) is 12.5 Å². The van der Waals surface area contributed by atoms with Crippen LogP contribution in [0.2, 0.25) is 0 Å². The number of hydrogen-bond acceptors (Lipinski definition) is 2. The summed E-state index contributed by atoms with van der Waals surface area (Å²) >= 11 is 0. The fourth-order valence-electron chi connectivity index (χ4n) is 2.05. The summed E-state index contributed by atoms with van der Waals surface area (Å²) < 4.78 is 53.4. The third-order valence-corrected chi connectivity index (χ3v) is 3.31. The molecule has 0 aliphatic heterocycles. The van der Waals surface area contributed by atoms with Gasteiger partial charge in [-0.05, 0) is 25.1 Å².